The smallest absolute Gasteiger partial charge is 0.261 e. The number of carbonyl (C=O) groups excluding carboxylic acids is 2. The molecule has 2 N–H and O–H groups in total. The van der Waals surface area contributed by atoms with Crippen LogP contribution in [0, 0.1) is 12.7 Å². The van der Waals surface area contributed by atoms with Crippen molar-refractivity contribution in [3.63, 3.8) is 0 Å². The molecular weight excluding hydrogens is 431 g/mol. The van der Waals surface area contributed by atoms with Crippen molar-refractivity contribution in [3.8, 4) is 0 Å². The number of carbonyl (C=O) groups is 2. The van der Waals surface area contributed by atoms with E-state index in [1.807, 2.05) is 6.07 Å². The van der Waals surface area contributed by atoms with Crippen LogP contribution < -0.4 is 10.0 Å². The summed E-state index contributed by atoms with van der Waals surface area (Å²) in [5, 5.41) is 3.26. The van der Waals surface area contributed by atoms with Gasteiger partial charge in [0.1, 0.15) is 5.82 Å². The molecule has 0 spiro atoms. The van der Waals surface area contributed by atoms with Gasteiger partial charge in [0.05, 0.1) is 10.9 Å². The normalized spacial score (nSPS) is 15.6. The molecule has 3 aromatic rings. The van der Waals surface area contributed by atoms with E-state index in [0.717, 1.165) is 5.56 Å². The molecule has 0 aromatic heterocycles. The molecule has 1 unspecified atom stereocenters. The van der Waals surface area contributed by atoms with Crippen molar-refractivity contribution in [1.82, 2.24) is 0 Å². The third-order valence-corrected chi connectivity index (χ3v) is 6.81. The minimum atomic E-state index is -3.97. The molecular formula is C24H21FN2O4S. The second-order valence-corrected chi connectivity index (χ2v) is 9.47. The molecule has 3 aromatic carbocycles. The SMILES string of the molecule is CC(=O)c1cccc(C2CC(=O)c3cc(S(=O)(=O)Nc4ccc(F)c(C)c4)ccc3N2)c1. The lowest BCUT2D eigenvalue weighted by Crippen LogP contribution is -2.24. The van der Waals surface area contributed by atoms with Crippen molar-refractivity contribution in [1.29, 1.82) is 0 Å². The summed E-state index contributed by atoms with van der Waals surface area (Å²) in [4.78, 5) is 24.5. The van der Waals surface area contributed by atoms with Crippen LogP contribution in [0.4, 0.5) is 15.8 Å². The molecule has 0 amide bonds. The lowest BCUT2D eigenvalue weighted by molar-refractivity contribution is 0.0971. The molecule has 0 bridgehead atoms. The van der Waals surface area contributed by atoms with Crippen LogP contribution in [-0.4, -0.2) is 20.0 Å². The van der Waals surface area contributed by atoms with Crippen LogP contribution in [0.1, 0.15) is 51.2 Å². The van der Waals surface area contributed by atoms with Gasteiger partial charge >= 0.3 is 0 Å². The molecule has 32 heavy (non-hydrogen) atoms. The van der Waals surface area contributed by atoms with Gasteiger partial charge in [-0.15, -0.1) is 0 Å². The number of sulfonamides is 1. The molecule has 6 nitrogen and oxygen atoms in total. The van der Waals surface area contributed by atoms with Crippen LogP contribution in [0.25, 0.3) is 0 Å². The van der Waals surface area contributed by atoms with Gasteiger partial charge in [-0.1, -0.05) is 18.2 Å². The van der Waals surface area contributed by atoms with E-state index in [2.05, 4.69) is 10.0 Å². The number of Topliss-reactive ketones (excluding diaryl/α,β-unsaturated/α-hetero) is 2. The number of rotatable bonds is 5. The van der Waals surface area contributed by atoms with E-state index in [4.69, 9.17) is 0 Å². The van der Waals surface area contributed by atoms with E-state index in [1.165, 1.54) is 37.3 Å². The molecule has 4 rings (SSSR count). The number of benzene rings is 3. The molecule has 0 aliphatic carbocycles. The van der Waals surface area contributed by atoms with Gasteiger partial charge in [-0.05, 0) is 67.4 Å². The molecule has 1 atom stereocenters. The average molecular weight is 453 g/mol. The fourth-order valence-corrected chi connectivity index (χ4v) is 4.75. The second-order valence-electron chi connectivity index (χ2n) is 7.78. The maximum atomic E-state index is 13.5. The number of aryl methyl sites for hydroxylation is 1. The number of anilines is 2. The Morgan fingerprint density at radius 2 is 1.88 bits per heavy atom. The topological polar surface area (TPSA) is 92.3 Å². The molecule has 1 aliphatic heterocycles. The largest absolute Gasteiger partial charge is 0.377 e. The summed E-state index contributed by atoms with van der Waals surface area (Å²) < 4.78 is 41.5. The highest BCUT2D eigenvalue weighted by Crippen LogP contribution is 2.34. The van der Waals surface area contributed by atoms with Crippen LogP contribution in [0.5, 0.6) is 0 Å². The minimum absolute atomic E-state index is 0.0620. The van der Waals surface area contributed by atoms with Crippen molar-refractivity contribution in [3.05, 3.63) is 88.7 Å². The highest BCUT2D eigenvalue weighted by Gasteiger charge is 2.28. The first-order valence-corrected chi connectivity index (χ1v) is 11.5. The first-order valence-electron chi connectivity index (χ1n) is 9.98. The molecule has 0 radical (unpaired) electrons. The number of ketones is 2. The van der Waals surface area contributed by atoms with Crippen molar-refractivity contribution < 1.29 is 22.4 Å². The summed E-state index contributed by atoms with van der Waals surface area (Å²) in [6.07, 6.45) is 0.127. The Morgan fingerprint density at radius 3 is 2.59 bits per heavy atom. The molecule has 1 heterocycles. The van der Waals surface area contributed by atoms with Gasteiger partial charge in [0.15, 0.2) is 11.6 Å². The third-order valence-electron chi connectivity index (χ3n) is 5.43. The fourth-order valence-electron chi connectivity index (χ4n) is 3.68. The van der Waals surface area contributed by atoms with E-state index < -0.39 is 15.8 Å². The lowest BCUT2D eigenvalue weighted by Gasteiger charge is -2.27. The quantitative estimate of drug-likeness (QED) is 0.539. The number of halogens is 1. The van der Waals surface area contributed by atoms with E-state index in [9.17, 15) is 22.4 Å². The molecule has 0 saturated carbocycles. The lowest BCUT2D eigenvalue weighted by atomic mass is 9.91. The van der Waals surface area contributed by atoms with E-state index in [0.29, 0.717) is 16.8 Å². The van der Waals surface area contributed by atoms with Crippen LogP contribution in [-0.2, 0) is 10.0 Å². The Bertz CT molecular complexity index is 1350. The van der Waals surface area contributed by atoms with Gasteiger partial charge in [0, 0.05) is 28.9 Å². The van der Waals surface area contributed by atoms with Gasteiger partial charge in [-0.2, -0.15) is 0 Å². The highest BCUT2D eigenvalue weighted by atomic mass is 32.2. The molecule has 8 heteroatoms. The summed E-state index contributed by atoms with van der Waals surface area (Å²) in [5.41, 5.74) is 2.72. The van der Waals surface area contributed by atoms with Gasteiger partial charge in [0.25, 0.3) is 10.0 Å². The van der Waals surface area contributed by atoms with E-state index >= 15 is 0 Å². The standard InChI is InChI=1S/C24H21FN2O4S/c1-14-10-18(6-8-21(14)25)27-32(30,31)19-7-9-22-20(12-19)24(29)13-23(26-22)17-5-3-4-16(11-17)15(2)28/h3-12,23,26-27H,13H2,1-2H3. The number of hydrogen-bond donors (Lipinski definition) is 2. The van der Waals surface area contributed by atoms with Crippen molar-refractivity contribution in [2.24, 2.45) is 0 Å². The number of fused-ring (bicyclic) bond motifs is 1. The van der Waals surface area contributed by atoms with E-state index in [1.54, 1.807) is 31.2 Å². The maximum absolute atomic E-state index is 13.5. The Kier molecular flexibility index (Phi) is 5.56. The zero-order chi connectivity index (χ0) is 23.0. The zero-order valence-electron chi connectivity index (χ0n) is 17.5. The molecule has 0 fully saturated rings. The van der Waals surface area contributed by atoms with Crippen molar-refractivity contribution in [2.45, 2.75) is 31.2 Å². The van der Waals surface area contributed by atoms with Gasteiger partial charge in [-0.25, -0.2) is 12.8 Å². The van der Waals surface area contributed by atoms with Crippen LogP contribution in [0.15, 0.2) is 65.6 Å². The van der Waals surface area contributed by atoms with Gasteiger partial charge < -0.3 is 5.32 Å². The van der Waals surface area contributed by atoms with Gasteiger partial charge in [0.2, 0.25) is 0 Å². The molecule has 1 aliphatic rings. The van der Waals surface area contributed by atoms with Crippen molar-refractivity contribution in [2.75, 3.05) is 10.0 Å². The first-order chi connectivity index (χ1) is 15.1. The third kappa shape index (κ3) is 4.27. The summed E-state index contributed by atoms with van der Waals surface area (Å²) in [6, 6.07) is 15.0. The highest BCUT2D eigenvalue weighted by molar-refractivity contribution is 7.92. The van der Waals surface area contributed by atoms with Crippen LogP contribution >= 0.6 is 0 Å². The average Bonchev–Trinajstić information content (AvgIpc) is 2.76. The van der Waals surface area contributed by atoms with Crippen LogP contribution in [0.3, 0.4) is 0 Å². The summed E-state index contributed by atoms with van der Waals surface area (Å²) in [6.45, 7) is 3.02. The minimum Gasteiger partial charge on any atom is -0.377 e. The van der Waals surface area contributed by atoms with Crippen molar-refractivity contribution >= 4 is 33.0 Å². The summed E-state index contributed by atoms with van der Waals surface area (Å²) in [5.74, 6) is -0.693. The Labute approximate surface area is 185 Å². The predicted molar refractivity (Wildman–Crippen MR) is 120 cm³/mol. The Balaban J connectivity index is 1.61. The summed E-state index contributed by atoms with van der Waals surface area (Å²) >= 11 is 0. The Morgan fingerprint density at radius 1 is 1.09 bits per heavy atom. The second kappa shape index (κ2) is 8.20. The zero-order valence-corrected chi connectivity index (χ0v) is 18.3. The molecule has 164 valence electrons. The number of hydrogen-bond acceptors (Lipinski definition) is 5. The fraction of sp³-hybridized carbons (Fsp3) is 0.167. The predicted octanol–water partition coefficient (Wildman–Crippen LogP) is 4.88. The maximum Gasteiger partial charge on any atom is 0.261 e. The van der Waals surface area contributed by atoms with Crippen LogP contribution in [0.2, 0.25) is 0 Å². The van der Waals surface area contributed by atoms with Gasteiger partial charge in [-0.3, -0.25) is 14.3 Å². The summed E-state index contributed by atoms with van der Waals surface area (Å²) in [7, 11) is -3.97. The van der Waals surface area contributed by atoms with E-state index in [-0.39, 0.29) is 40.2 Å². The Hall–Kier alpha value is -3.52. The molecule has 0 saturated heterocycles. The number of nitrogens with one attached hydrogen (secondary N) is 2. The first kappa shape index (κ1) is 21.7. The monoisotopic (exact) mass is 452 g/mol.